The first kappa shape index (κ1) is 15.2. The molecular formula is C16H21N3O2. The van der Waals surface area contributed by atoms with Crippen LogP contribution in [-0.4, -0.2) is 37.6 Å². The van der Waals surface area contributed by atoms with Gasteiger partial charge in [-0.05, 0) is 25.0 Å². The van der Waals surface area contributed by atoms with Crippen LogP contribution in [-0.2, 0) is 4.79 Å². The minimum absolute atomic E-state index is 0.114. The highest BCUT2D eigenvalue weighted by molar-refractivity contribution is 5.81. The number of anilines is 1. The van der Waals surface area contributed by atoms with E-state index in [0.29, 0.717) is 11.3 Å². The van der Waals surface area contributed by atoms with Crippen LogP contribution < -0.4 is 10.1 Å². The van der Waals surface area contributed by atoms with Gasteiger partial charge in [-0.25, -0.2) is 0 Å². The zero-order chi connectivity index (χ0) is 15.1. The lowest BCUT2D eigenvalue weighted by Gasteiger charge is -2.21. The molecule has 5 nitrogen and oxygen atoms in total. The first-order valence-electron chi connectivity index (χ1n) is 7.34. The van der Waals surface area contributed by atoms with Crippen LogP contribution in [0, 0.1) is 11.3 Å². The van der Waals surface area contributed by atoms with Gasteiger partial charge < -0.3 is 15.0 Å². The number of rotatable bonds is 4. The van der Waals surface area contributed by atoms with Crippen LogP contribution in [0.25, 0.3) is 0 Å². The van der Waals surface area contributed by atoms with Crippen LogP contribution in [0.2, 0.25) is 0 Å². The van der Waals surface area contributed by atoms with Crippen LogP contribution in [0.15, 0.2) is 18.2 Å². The van der Waals surface area contributed by atoms with Crippen LogP contribution >= 0.6 is 0 Å². The van der Waals surface area contributed by atoms with Crippen molar-refractivity contribution >= 4 is 11.6 Å². The molecule has 21 heavy (non-hydrogen) atoms. The maximum Gasteiger partial charge on any atom is 0.241 e. The number of hydrogen-bond donors (Lipinski definition) is 1. The Bertz CT molecular complexity index is 529. The summed E-state index contributed by atoms with van der Waals surface area (Å²) in [4.78, 5) is 14.1. The molecule has 112 valence electrons. The summed E-state index contributed by atoms with van der Waals surface area (Å²) in [5, 5.41) is 12.0. The molecule has 1 amide bonds. The topological polar surface area (TPSA) is 65.4 Å². The lowest BCUT2D eigenvalue weighted by molar-refractivity contribution is -0.129. The second-order valence-electron chi connectivity index (χ2n) is 5.18. The summed E-state index contributed by atoms with van der Waals surface area (Å²) < 4.78 is 5.25. The van der Waals surface area contributed by atoms with Gasteiger partial charge >= 0.3 is 0 Å². The van der Waals surface area contributed by atoms with Gasteiger partial charge in [-0.2, -0.15) is 5.26 Å². The molecule has 0 atom stereocenters. The maximum absolute atomic E-state index is 12.2. The Morgan fingerprint density at radius 2 is 2.05 bits per heavy atom. The van der Waals surface area contributed by atoms with Crippen molar-refractivity contribution in [2.24, 2.45) is 0 Å². The smallest absolute Gasteiger partial charge is 0.241 e. The van der Waals surface area contributed by atoms with E-state index < -0.39 is 0 Å². The molecule has 1 fully saturated rings. The SMILES string of the molecule is COc1cc(C#N)ccc1NCC(=O)N1CCCCCC1. The van der Waals surface area contributed by atoms with Gasteiger partial charge in [0.15, 0.2) is 0 Å². The minimum atomic E-state index is 0.114. The van der Waals surface area contributed by atoms with E-state index in [9.17, 15) is 4.79 Å². The van der Waals surface area contributed by atoms with Crippen LogP contribution in [0.1, 0.15) is 31.2 Å². The largest absolute Gasteiger partial charge is 0.495 e. The van der Waals surface area contributed by atoms with Crippen molar-refractivity contribution in [3.05, 3.63) is 23.8 Å². The van der Waals surface area contributed by atoms with Gasteiger partial charge in [0.1, 0.15) is 5.75 Å². The van der Waals surface area contributed by atoms with E-state index in [1.54, 1.807) is 25.3 Å². The van der Waals surface area contributed by atoms with Crippen molar-refractivity contribution in [3.8, 4) is 11.8 Å². The number of likely N-dealkylation sites (tertiary alicyclic amines) is 1. The van der Waals surface area contributed by atoms with Crippen molar-refractivity contribution in [3.63, 3.8) is 0 Å². The molecule has 0 radical (unpaired) electrons. The molecular weight excluding hydrogens is 266 g/mol. The van der Waals surface area contributed by atoms with Gasteiger partial charge in [0.2, 0.25) is 5.91 Å². The van der Waals surface area contributed by atoms with E-state index in [0.717, 1.165) is 31.6 Å². The Balaban J connectivity index is 1.96. The van der Waals surface area contributed by atoms with Crippen molar-refractivity contribution in [2.75, 3.05) is 32.1 Å². The molecule has 0 aliphatic carbocycles. The zero-order valence-electron chi connectivity index (χ0n) is 12.4. The number of methoxy groups -OCH3 is 1. The summed E-state index contributed by atoms with van der Waals surface area (Å²) in [6.07, 6.45) is 4.60. The average Bonchev–Trinajstić information content (AvgIpc) is 2.81. The molecule has 1 aliphatic rings. The summed E-state index contributed by atoms with van der Waals surface area (Å²) >= 11 is 0. The third kappa shape index (κ3) is 4.12. The normalized spacial score (nSPS) is 15.0. The first-order valence-corrected chi connectivity index (χ1v) is 7.34. The Hall–Kier alpha value is -2.22. The summed E-state index contributed by atoms with van der Waals surface area (Å²) in [6, 6.07) is 7.22. The molecule has 1 saturated heterocycles. The van der Waals surface area contributed by atoms with Crippen molar-refractivity contribution in [1.29, 1.82) is 5.26 Å². The predicted octanol–water partition coefficient (Wildman–Crippen LogP) is 2.38. The van der Waals surface area contributed by atoms with Gasteiger partial charge in [0.05, 0.1) is 31.0 Å². The second-order valence-corrected chi connectivity index (χ2v) is 5.18. The van der Waals surface area contributed by atoms with E-state index in [-0.39, 0.29) is 12.5 Å². The number of nitrogens with zero attached hydrogens (tertiary/aromatic N) is 2. The van der Waals surface area contributed by atoms with Crippen molar-refractivity contribution < 1.29 is 9.53 Å². The molecule has 1 heterocycles. The number of amides is 1. The number of hydrogen-bond acceptors (Lipinski definition) is 4. The monoisotopic (exact) mass is 287 g/mol. The molecule has 1 aromatic rings. The molecule has 1 N–H and O–H groups in total. The van der Waals surface area contributed by atoms with E-state index in [4.69, 9.17) is 10.00 Å². The number of nitrogens with one attached hydrogen (secondary N) is 1. The fourth-order valence-corrected chi connectivity index (χ4v) is 2.51. The van der Waals surface area contributed by atoms with E-state index in [2.05, 4.69) is 11.4 Å². The van der Waals surface area contributed by atoms with Gasteiger partial charge in [-0.3, -0.25) is 4.79 Å². The van der Waals surface area contributed by atoms with Gasteiger partial charge in [0, 0.05) is 19.2 Å². The third-order valence-corrected chi connectivity index (χ3v) is 3.72. The Morgan fingerprint density at radius 1 is 1.33 bits per heavy atom. The number of ether oxygens (including phenoxy) is 1. The van der Waals surface area contributed by atoms with Crippen molar-refractivity contribution in [1.82, 2.24) is 4.90 Å². The molecule has 0 spiro atoms. The molecule has 1 aromatic carbocycles. The van der Waals surface area contributed by atoms with E-state index in [1.807, 2.05) is 4.90 Å². The summed E-state index contributed by atoms with van der Waals surface area (Å²) in [6.45, 7) is 1.96. The summed E-state index contributed by atoms with van der Waals surface area (Å²) in [5.41, 5.74) is 1.27. The predicted molar refractivity (Wildman–Crippen MR) is 81.2 cm³/mol. The maximum atomic E-state index is 12.2. The molecule has 1 aliphatic heterocycles. The Labute approximate surface area is 125 Å². The summed E-state index contributed by atoms with van der Waals surface area (Å²) in [5.74, 6) is 0.695. The molecule has 0 saturated carbocycles. The minimum Gasteiger partial charge on any atom is -0.495 e. The van der Waals surface area contributed by atoms with Crippen molar-refractivity contribution in [2.45, 2.75) is 25.7 Å². The van der Waals surface area contributed by atoms with Crippen LogP contribution in [0.3, 0.4) is 0 Å². The number of carbonyl (C=O) groups is 1. The Kier molecular flexibility index (Phi) is 5.44. The highest BCUT2D eigenvalue weighted by Gasteiger charge is 2.15. The summed E-state index contributed by atoms with van der Waals surface area (Å²) in [7, 11) is 1.55. The van der Waals surface area contributed by atoms with Gasteiger partial charge in [0.25, 0.3) is 0 Å². The molecule has 5 heteroatoms. The highest BCUT2D eigenvalue weighted by atomic mass is 16.5. The average molecular weight is 287 g/mol. The fraction of sp³-hybridized carbons (Fsp3) is 0.500. The molecule has 0 unspecified atom stereocenters. The lowest BCUT2D eigenvalue weighted by atomic mass is 10.2. The fourth-order valence-electron chi connectivity index (χ4n) is 2.51. The lowest BCUT2D eigenvalue weighted by Crippen LogP contribution is -2.36. The number of benzene rings is 1. The third-order valence-electron chi connectivity index (χ3n) is 3.72. The van der Waals surface area contributed by atoms with Gasteiger partial charge in [-0.15, -0.1) is 0 Å². The standard InChI is InChI=1S/C16H21N3O2/c1-21-15-10-13(11-17)6-7-14(15)18-12-16(20)19-8-4-2-3-5-9-19/h6-7,10,18H,2-5,8-9,12H2,1H3. The molecule has 0 bridgehead atoms. The van der Waals surface area contributed by atoms with Crippen LogP contribution in [0.5, 0.6) is 5.75 Å². The second kappa shape index (κ2) is 7.53. The Morgan fingerprint density at radius 3 is 2.67 bits per heavy atom. The number of nitriles is 1. The quantitative estimate of drug-likeness (QED) is 0.923. The van der Waals surface area contributed by atoms with Gasteiger partial charge in [-0.1, -0.05) is 12.8 Å². The number of carbonyl (C=O) groups excluding carboxylic acids is 1. The molecule has 2 rings (SSSR count). The first-order chi connectivity index (χ1) is 10.2. The van der Waals surface area contributed by atoms with E-state index in [1.165, 1.54) is 12.8 Å². The molecule has 0 aromatic heterocycles. The highest BCUT2D eigenvalue weighted by Crippen LogP contribution is 2.25. The van der Waals surface area contributed by atoms with E-state index >= 15 is 0 Å². The zero-order valence-corrected chi connectivity index (χ0v) is 12.4. The van der Waals surface area contributed by atoms with Crippen LogP contribution in [0.4, 0.5) is 5.69 Å².